The topological polar surface area (TPSA) is 0 Å². The third-order valence-corrected chi connectivity index (χ3v) is 8.12. The van der Waals surface area contributed by atoms with Gasteiger partial charge in [0.25, 0.3) is 0 Å². The molecule has 0 heterocycles. The molecule has 0 spiro atoms. The first kappa shape index (κ1) is 19.8. The van der Waals surface area contributed by atoms with Crippen molar-refractivity contribution >= 4 is 0 Å². The standard InChI is InChI=1S/C25H46/c1-3-10-23(11-4-1)18-20-25(17-9-16-22-14-7-8-15-22)21-19-24-12-5-2-6-13-24/h22-25H,1-21H2. The van der Waals surface area contributed by atoms with E-state index in [1.807, 2.05) is 0 Å². The van der Waals surface area contributed by atoms with Crippen molar-refractivity contribution in [3.8, 4) is 0 Å². The summed E-state index contributed by atoms with van der Waals surface area (Å²) in [4.78, 5) is 0. The minimum Gasteiger partial charge on any atom is -0.0533 e. The molecule has 3 fully saturated rings. The molecule has 0 aromatic rings. The lowest BCUT2D eigenvalue weighted by molar-refractivity contribution is 0.261. The van der Waals surface area contributed by atoms with Crippen LogP contribution < -0.4 is 0 Å². The molecule has 0 heteroatoms. The lowest BCUT2D eigenvalue weighted by Crippen LogP contribution is -2.12. The third-order valence-electron chi connectivity index (χ3n) is 8.12. The minimum absolute atomic E-state index is 1.07. The van der Waals surface area contributed by atoms with Crippen molar-refractivity contribution in [3.05, 3.63) is 0 Å². The van der Waals surface area contributed by atoms with Gasteiger partial charge in [-0.25, -0.2) is 0 Å². The molecule has 0 N–H and O–H groups in total. The summed E-state index contributed by atoms with van der Waals surface area (Å²) in [6, 6.07) is 0. The molecule has 0 radical (unpaired) electrons. The molecule has 146 valence electrons. The SMILES string of the molecule is C1CCC(CCC(CCCC2CCCC2)CCC2CCCCC2)CC1. The molecule has 3 rings (SSSR count). The van der Waals surface area contributed by atoms with Crippen LogP contribution in [-0.2, 0) is 0 Å². The second kappa shape index (κ2) is 11.7. The summed E-state index contributed by atoms with van der Waals surface area (Å²) in [5.41, 5.74) is 0. The molecular formula is C25H46. The van der Waals surface area contributed by atoms with Crippen molar-refractivity contribution in [2.24, 2.45) is 23.7 Å². The Labute approximate surface area is 158 Å². The number of rotatable bonds is 10. The Morgan fingerprint density at radius 1 is 0.440 bits per heavy atom. The van der Waals surface area contributed by atoms with Crippen molar-refractivity contribution in [2.75, 3.05) is 0 Å². The van der Waals surface area contributed by atoms with Crippen LogP contribution in [0.2, 0.25) is 0 Å². The van der Waals surface area contributed by atoms with Crippen molar-refractivity contribution in [2.45, 2.75) is 135 Å². The van der Waals surface area contributed by atoms with Gasteiger partial charge in [-0.3, -0.25) is 0 Å². The summed E-state index contributed by atoms with van der Waals surface area (Å²) < 4.78 is 0. The summed E-state index contributed by atoms with van der Waals surface area (Å²) in [6.07, 6.45) is 32.5. The Balaban J connectivity index is 1.36. The van der Waals surface area contributed by atoms with E-state index in [1.54, 1.807) is 83.5 Å². The molecule has 0 aliphatic heterocycles. The molecule has 0 bridgehead atoms. The van der Waals surface area contributed by atoms with Crippen molar-refractivity contribution in [1.82, 2.24) is 0 Å². The molecule has 3 aliphatic rings. The van der Waals surface area contributed by atoms with Crippen LogP contribution in [0.4, 0.5) is 0 Å². The first-order valence-electron chi connectivity index (χ1n) is 12.4. The maximum Gasteiger partial charge on any atom is -0.0414 e. The molecule has 3 aliphatic carbocycles. The van der Waals surface area contributed by atoms with Gasteiger partial charge in [0.15, 0.2) is 0 Å². The highest BCUT2D eigenvalue weighted by Crippen LogP contribution is 2.35. The molecular weight excluding hydrogens is 300 g/mol. The molecule has 25 heavy (non-hydrogen) atoms. The zero-order valence-corrected chi connectivity index (χ0v) is 17.2. The summed E-state index contributed by atoms with van der Waals surface area (Å²) in [5, 5.41) is 0. The Morgan fingerprint density at radius 2 is 0.840 bits per heavy atom. The third kappa shape index (κ3) is 7.64. The Bertz CT molecular complexity index is 293. The quantitative estimate of drug-likeness (QED) is 0.371. The van der Waals surface area contributed by atoms with Gasteiger partial charge in [0.1, 0.15) is 0 Å². The highest BCUT2D eigenvalue weighted by molar-refractivity contribution is 4.73. The first-order chi connectivity index (χ1) is 12.4. The number of hydrogen-bond donors (Lipinski definition) is 0. The van der Waals surface area contributed by atoms with E-state index in [-0.39, 0.29) is 0 Å². The zero-order chi connectivity index (χ0) is 17.2. The minimum atomic E-state index is 1.07. The van der Waals surface area contributed by atoms with Crippen LogP contribution >= 0.6 is 0 Å². The summed E-state index contributed by atoms with van der Waals surface area (Å²) in [7, 11) is 0. The van der Waals surface area contributed by atoms with E-state index in [4.69, 9.17) is 0 Å². The lowest BCUT2D eigenvalue weighted by Gasteiger charge is -2.27. The highest BCUT2D eigenvalue weighted by Gasteiger charge is 2.20. The molecule has 0 unspecified atom stereocenters. The van der Waals surface area contributed by atoms with Crippen LogP contribution in [0.25, 0.3) is 0 Å². The van der Waals surface area contributed by atoms with E-state index in [9.17, 15) is 0 Å². The first-order valence-corrected chi connectivity index (χ1v) is 12.4. The van der Waals surface area contributed by atoms with Gasteiger partial charge < -0.3 is 0 Å². The summed E-state index contributed by atoms with van der Waals surface area (Å²) >= 11 is 0. The molecule has 0 aromatic carbocycles. The Morgan fingerprint density at radius 3 is 1.32 bits per heavy atom. The maximum absolute atomic E-state index is 1.57. The van der Waals surface area contributed by atoms with E-state index < -0.39 is 0 Å². The summed E-state index contributed by atoms with van der Waals surface area (Å²) in [5.74, 6) is 4.38. The Hall–Kier alpha value is 0. The molecule has 0 atom stereocenters. The molecule has 0 saturated heterocycles. The molecule has 0 nitrogen and oxygen atoms in total. The second-order valence-corrected chi connectivity index (χ2v) is 10.1. The Kier molecular flexibility index (Phi) is 9.21. The van der Waals surface area contributed by atoms with E-state index in [2.05, 4.69) is 0 Å². The monoisotopic (exact) mass is 346 g/mol. The van der Waals surface area contributed by atoms with Gasteiger partial charge in [-0.1, -0.05) is 135 Å². The number of hydrogen-bond acceptors (Lipinski definition) is 0. The lowest BCUT2D eigenvalue weighted by atomic mass is 9.79. The zero-order valence-electron chi connectivity index (χ0n) is 17.2. The highest BCUT2D eigenvalue weighted by atomic mass is 14.3. The molecule has 0 aromatic heterocycles. The van der Waals surface area contributed by atoms with Crippen molar-refractivity contribution in [1.29, 1.82) is 0 Å². The van der Waals surface area contributed by atoms with Gasteiger partial charge in [-0.2, -0.15) is 0 Å². The van der Waals surface area contributed by atoms with E-state index in [0.717, 1.165) is 23.7 Å². The van der Waals surface area contributed by atoms with Crippen molar-refractivity contribution in [3.63, 3.8) is 0 Å². The van der Waals surface area contributed by atoms with Gasteiger partial charge in [-0.05, 0) is 23.7 Å². The fourth-order valence-corrected chi connectivity index (χ4v) is 6.32. The van der Waals surface area contributed by atoms with E-state index in [1.165, 1.54) is 51.4 Å². The van der Waals surface area contributed by atoms with Gasteiger partial charge in [0, 0.05) is 0 Å². The van der Waals surface area contributed by atoms with Gasteiger partial charge in [0.05, 0.1) is 0 Å². The van der Waals surface area contributed by atoms with Crippen LogP contribution in [0.1, 0.15) is 135 Å². The second-order valence-electron chi connectivity index (χ2n) is 10.1. The average Bonchev–Trinajstić information content (AvgIpc) is 3.19. The average molecular weight is 347 g/mol. The molecule has 0 amide bonds. The van der Waals surface area contributed by atoms with Crippen LogP contribution in [0.15, 0.2) is 0 Å². The smallest absolute Gasteiger partial charge is 0.0414 e. The normalized spacial score (nSPS) is 24.4. The molecule has 3 saturated carbocycles. The predicted octanol–water partition coefficient (Wildman–Crippen LogP) is 8.68. The van der Waals surface area contributed by atoms with E-state index >= 15 is 0 Å². The van der Waals surface area contributed by atoms with Crippen LogP contribution in [0.3, 0.4) is 0 Å². The predicted molar refractivity (Wildman–Crippen MR) is 111 cm³/mol. The van der Waals surface area contributed by atoms with Gasteiger partial charge >= 0.3 is 0 Å². The van der Waals surface area contributed by atoms with Gasteiger partial charge in [0.2, 0.25) is 0 Å². The van der Waals surface area contributed by atoms with Crippen LogP contribution in [0.5, 0.6) is 0 Å². The van der Waals surface area contributed by atoms with Gasteiger partial charge in [-0.15, -0.1) is 0 Å². The van der Waals surface area contributed by atoms with Crippen molar-refractivity contribution < 1.29 is 0 Å². The largest absolute Gasteiger partial charge is 0.0533 e. The maximum atomic E-state index is 1.57. The fourth-order valence-electron chi connectivity index (χ4n) is 6.32. The van der Waals surface area contributed by atoms with Crippen LogP contribution in [-0.4, -0.2) is 0 Å². The van der Waals surface area contributed by atoms with E-state index in [0.29, 0.717) is 0 Å². The van der Waals surface area contributed by atoms with Crippen LogP contribution in [0, 0.1) is 23.7 Å². The summed E-state index contributed by atoms with van der Waals surface area (Å²) in [6.45, 7) is 0. The fraction of sp³-hybridized carbons (Fsp3) is 1.00.